The molecule has 0 N–H and O–H groups in total. The van der Waals surface area contributed by atoms with Gasteiger partial charge in [0, 0.05) is 5.39 Å². The van der Waals surface area contributed by atoms with Crippen LogP contribution in [0.4, 0.5) is 22.0 Å². The molecule has 0 amide bonds. The molecule has 21 heavy (non-hydrogen) atoms. The van der Waals surface area contributed by atoms with E-state index >= 15 is 0 Å². The van der Waals surface area contributed by atoms with Crippen LogP contribution < -0.4 is 4.74 Å². The number of hydrogen-bond donors (Lipinski definition) is 0. The molecule has 0 saturated carbocycles. The number of rotatable bonds is 2. The second-order valence-electron chi connectivity index (χ2n) is 4.23. The highest BCUT2D eigenvalue weighted by Gasteiger charge is 2.60. The first-order valence-electron chi connectivity index (χ1n) is 5.69. The number of nitrogens with zero attached hydrogens (tertiary/aromatic N) is 1. The van der Waals surface area contributed by atoms with Gasteiger partial charge in [0.1, 0.15) is 5.75 Å². The van der Waals surface area contributed by atoms with Crippen molar-refractivity contribution >= 4 is 10.8 Å². The van der Waals surface area contributed by atoms with E-state index < -0.39 is 23.4 Å². The van der Waals surface area contributed by atoms with Crippen LogP contribution in [0, 0.1) is 11.3 Å². The molecule has 0 radical (unpaired) electrons. The predicted molar refractivity (Wildman–Crippen MR) is 65.2 cm³/mol. The molecule has 0 aliphatic heterocycles. The lowest BCUT2D eigenvalue weighted by Gasteiger charge is -2.23. The first-order valence-corrected chi connectivity index (χ1v) is 5.69. The van der Waals surface area contributed by atoms with E-state index in [1.165, 1.54) is 18.2 Å². The fourth-order valence-electron chi connectivity index (χ4n) is 2.07. The van der Waals surface area contributed by atoms with Crippen LogP contribution in [0.2, 0.25) is 0 Å². The zero-order valence-corrected chi connectivity index (χ0v) is 10.6. The van der Waals surface area contributed by atoms with Gasteiger partial charge in [-0.3, -0.25) is 0 Å². The van der Waals surface area contributed by atoms with Crippen molar-refractivity contribution in [1.29, 1.82) is 5.26 Å². The van der Waals surface area contributed by atoms with Crippen molar-refractivity contribution in [1.82, 2.24) is 0 Å². The van der Waals surface area contributed by atoms with Gasteiger partial charge >= 0.3 is 12.1 Å². The number of benzene rings is 2. The Labute approximate surface area is 116 Å². The van der Waals surface area contributed by atoms with Crippen molar-refractivity contribution in [2.75, 3.05) is 7.11 Å². The van der Waals surface area contributed by atoms with Gasteiger partial charge in [0.2, 0.25) is 0 Å². The van der Waals surface area contributed by atoms with Crippen LogP contribution in [0.1, 0.15) is 11.1 Å². The Hall–Kier alpha value is -2.36. The smallest absolute Gasteiger partial charge is 0.458 e. The van der Waals surface area contributed by atoms with Crippen molar-refractivity contribution in [2.24, 2.45) is 0 Å². The number of fused-ring (bicyclic) bond motifs is 1. The number of halogens is 5. The molecule has 0 bridgehead atoms. The molecule has 0 saturated heterocycles. The summed E-state index contributed by atoms with van der Waals surface area (Å²) in [6.07, 6.45) is -5.77. The Bertz CT molecular complexity index is 730. The Morgan fingerprint density at radius 3 is 2.19 bits per heavy atom. The summed E-state index contributed by atoms with van der Waals surface area (Å²) < 4.78 is 70.2. The van der Waals surface area contributed by atoms with E-state index in [9.17, 15) is 22.0 Å². The Kier molecular flexibility index (Phi) is 3.49. The lowest BCUT2D eigenvalue weighted by atomic mass is 9.95. The average Bonchev–Trinajstić information content (AvgIpc) is 2.43. The van der Waals surface area contributed by atoms with Crippen LogP contribution in [0.5, 0.6) is 5.75 Å². The van der Waals surface area contributed by atoms with Gasteiger partial charge in [-0.05, 0) is 23.6 Å². The van der Waals surface area contributed by atoms with Crippen LogP contribution in [0.3, 0.4) is 0 Å². The molecule has 2 rings (SSSR count). The summed E-state index contributed by atoms with van der Waals surface area (Å²) in [6, 6.07) is 7.73. The first-order chi connectivity index (χ1) is 9.74. The molecule has 0 atom stereocenters. The number of hydrogen-bond acceptors (Lipinski definition) is 2. The minimum absolute atomic E-state index is 0.00868. The number of methoxy groups -OCH3 is 1. The number of alkyl halides is 5. The van der Waals surface area contributed by atoms with Gasteiger partial charge in [-0.1, -0.05) is 12.1 Å². The largest absolute Gasteiger partial charge is 0.496 e. The molecular weight excluding hydrogens is 293 g/mol. The van der Waals surface area contributed by atoms with Crippen molar-refractivity contribution in [3.63, 3.8) is 0 Å². The zero-order chi connectivity index (χ0) is 15.8. The second kappa shape index (κ2) is 4.88. The average molecular weight is 301 g/mol. The monoisotopic (exact) mass is 301 g/mol. The predicted octanol–water partition coefficient (Wildman–Crippen LogP) is 4.37. The van der Waals surface area contributed by atoms with Crippen molar-refractivity contribution < 1.29 is 26.7 Å². The van der Waals surface area contributed by atoms with Crippen LogP contribution in [0.25, 0.3) is 10.8 Å². The normalized spacial score (nSPS) is 12.2. The fraction of sp³-hybridized carbons (Fsp3) is 0.214. The van der Waals surface area contributed by atoms with Crippen LogP contribution in [-0.4, -0.2) is 13.3 Å². The van der Waals surface area contributed by atoms with Crippen molar-refractivity contribution in [2.45, 2.75) is 12.1 Å². The first kappa shape index (κ1) is 15.0. The minimum atomic E-state index is -5.77. The van der Waals surface area contributed by atoms with Crippen LogP contribution in [0.15, 0.2) is 30.3 Å². The van der Waals surface area contributed by atoms with Gasteiger partial charge in [0.15, 0.2) is 0 Å². The van der Waals surface area contributed by atoms with E-state index in [2.05, 4.69) is 4.74 Å². The van der Waals surface area contributed by atoms with Gasteiger partial charge < -0.3 is 4.74 Å². The van der Waals surface area contributed by atoms with Gasteiger partial charge in [0.25, 0.3) is 0 Å². The molecule has 2 aromatic carbocycles. The standard InChI is InChI=1S/C14H8F5NO/c1-21-11-6-5-9-8(7-20)3-2-4-10(9)12(11)13(15,16)14(17,18)19/h2-6H,1H3. The van der Waals surface area contributed by atoms with E-state index in [1.807, 2.05) is 0 Å². The second-order valence-corrected chi connectivity index (χ2v) is 4.23. The van der Waals surface area contributed by atoms with Gasteiger partial charge in [-0.15, -0.1) is 0 Å². The van der Waals surface area contributed by atoms with Crippen molar-refractivity contribution in [3.8, 4) is 11.8 Å². The van der Waals surface area contributed by atoms with Crippen LogP contribution >= 0.6 is 0 Å². The summed E-state index contributed by atoms with van der Waals surface area (Å²) >= 11 is 0. The molecule has 110 valence electrons. The zero-order valence-electron chi connectivity index (χ0n) is 10.6. The highest BCUT2D eigenvalue weighted by atomic mass is 19.4. The topological polar surface area (TPSA) is 33.0 Å². The fourth-order valence-corrected chi connectivity index (χ4v) is 2.07. The molecule has 0 aromatic heterocycles. The van der Waals surface area contributed by atoms with E-state index in [0.29, 0.717) is 0 Å². The summed E-state index contributed by atoms with van der Waals surface area (Å²) in [5, 5.41) is 8.57. The number of ether oxygens (including phenoxy) is 1. The molecule has 0 aliphatic rings. The summed E-state index contributed by atoms with van der Waals surface area (Å²) in [5.74, 6) is -5.67. The van der Waals surface area contributed by atoms with Crippen LogP contribution in [-0.2, 0) is 5.92 Å². The van der Waals surface area contributed by atoms with Gasteiger partial charge in [-0.2, -0.15) is 27.2 Å². The molecule has 0 unspecified atom stereocenters. The summed E-state index contributed by atoms with van der Waals surface area (Å²) in [7, 11) is 1.01. The highest BCUT2D eigenvalue weighted by molar-refractivity contribution is 5.92. The Balaban J connectivity index is 2.93. The SMILES string of the molecule is COc1ccc2c(C#N)cccc2c1C(F)(F)C(F)(F)F. The summed E-state index contributed by atoms with van der Waals surface area (Å²) in [4.78, 5) is 0. The van der Waals surface area contributed by atoms with Crippen molar-refractivity contribution in [3.05, 3.63) is 41.5 Å². The highest BCUT2D eigenvalue weighted by Crippen LogP contribution is 2.49. The van der Waals surface area contributed by atoms with Gasteiger partial charge in [-0.25, -0.2) is 0 Å². The quantitative estimate of drug-likeness (QED) is 0.771. The molecular formula is C14H8F5NO. The molecule has 2 nitrogen and oxygen atoms in total. The Morgan fingerprint density at radius 2 is 1.67 bits per heavy atom. The third-order valence-corrected chi connectivity index (χ3v) is 3.03. The molecule has 0 spiro atoms. The van der Waals surface area contributed by atoms with E-state index in [4.69, 9.17) is 5.26 Å². The molecule has 0 heterocycles. The minimum Gasteiger partial charge on any atom is -0.496 e. The maximum absolute atomic E-state index is 13.8. The maximum Gasteiger partial charge on any atom is 0.458 e. The maximum atomic E-state index is 13.8. The molecule has 0 fully saturated rings. The lowest BCUT2D eigenvalue weighted by molar-refractivity contribution is -0.289. The van der Waals surface area contributed by atoms with E-state index in [0.717, 1.165) is 19.2 Å². The third-order valence-electron chi connectivity index (χ3n) is 3.03. The van der Waals surface area contributed by atoms with E-state index in [1.54, 1.807) is 6.07 Å². The molecule has 2 aromatic rings. The summed E-state index contributed by atoms with van der Waals surface area (Å²) in [5.41, 5.74) is -1.28. The molecule has 0 aliphatic carbocycles. The molecule has 7 heteroatoms. The number of nitriles is 1. The van der Waals surface area contributed by atoms with Gasteiger partial charge in [0.05, 0.1) is 24.3 Å². The van der Waals surface area contributed by atoms with E-state index in [-0.39, 0.29) is 16.3 Å². The summed E-state index contributed by atoms with van der Waals surface area (Å²) in [6.45, 7) is 0. The third kappa shape index (κ3) is 2.27. The lowest BCUT2D eigenvalue weighted by Crippen LogP contribution is -2.34. The Morgan fingerprint density at radius 1 is 1.00 bits per heavy atom.